The number of hydrogen-bond donors (Lipinski definition) is 0. The van der Waals surface area contributed by atoms with Crippen LogP contribution in [0.25, 0.3) is 0 Å². The van der Waals surface area contributed by atoms with E-state index in [2.05, 4.69) is 57.2 Å². The quantitative estimate of drug-likeness (QED) is 0.596. The van der Waals surface area contributed by atoms with Crippen molar-refractivity contribution in [3.05, 3.63) is 90.6 Å². The van der Waals surface area contributed by atoms with Crippen molar-refractivity contribution in [3.8, 4) is 11.5 Å². The first-order chi connectivity index (χ1) is 11.1. The summed E-state index contributed by atoms with van der Waals surface area (Å²) in [5.74, 6) is 1.77. The zero-order valence-electron chi connectivity index (χ0n) is 13.6. The Balaban J connectivity index is 1.76. The van der Waals surface area contributed by atoms with Gasteiger partial charge in [-0.25, -0.2) is 0 Å². The molecule has 0 atom stereocenters. The minimum absolute atomic E-state index is 0.156. The molecule has 0 amide bonds. The maximum Gasteiger partial charge on any atom is 0.358 e. The van der Waals surface area contributed by atoms with Crippen LogP contribution in [0.3, 0.4) is 0 Å². The highest BCUT2D eigenvalue weighted by atomic mass is 127. The second-order valence-corrected chi connectivity index (χ2v) is 8.54. The second kappa shape index (κ2) is 7.18. The summed E-state index contributed by atoms with van der Waals surface area (Å²) in [4.78, 5) is 0. The number of rotatable bonds is 4. The van der Waals surface area contributed by atoms with Crippen LogP contribution in [0.1, 0.15) is 16.7 Å². The molecule has 0 fully saturated rings. The molecule has 0 saturated carbocycles. The van der Waals surface area contributed by atoms with E-state index < -0.39 is 0 Å². The van der Waals surface area contributed by atoms with Crippen molar-refractivity contribution < 1.29 is 25.9 Å². The molecule has 0 heterocycles. The Kier molecular flexibility index (Phi) is 5.01. The molecule has 0 N–H and O–H groups in total. The van der Waals surface area contributed by atoms with Gasteiger partial charge < -0.3 is 4.74 Å². The fourth-order valence-corrected chi connectivity index (χ4v) is 5.11. The van der Waals surface area contributed by atoms with E-state index in [1.54, 1.807) is 0 Å². The van der Waals surface area contributed by atoms with E-state index in [0.717, 1.165) is 11.5 Å². The number of para-hydroxylation sites is 1. The Morgan fingerprint density at radius 3 is 1.87 bits per heavy atom. The molecule has 0 bridgehead atoms. The lowest BCUT2D eigenvalue weighted by molar-refractivity contribution is -0.598. The fourth-order valence-electron chi connectivity index (χ4n) is 2.61. The van der Waals surface area contributed by atoms with E-state index in [1.807, 2.05) is 30.3 Å². The third-order valence-corrected chi connectivity index (χ3v) is 7.16. The summed E-state index contributed by atoms with van der Waals surface area (Å²) < 4.78 is 8.81. The van der Waals surface area contributed by atoms with Gasteiger partial charge in [0.2, 0.25) is 0 Å². The minimum Gasteiger partial charge on any atom is -0.457 e. The van der Waals surface area contributed by atoms with E-state index in [9.17, 15) is 0 Å². The summed E-state index contributed by atoms with van der Waals surface area (Å²) in [7, 11) is 0. The van der Waals surface area contributed by atoms with Gasteiger partial charge in [-0.3, -0.25) is 0 Å². The Morgan fingerprint density at radius 2 is 1.26 bits per heavy atom. The van der Waals surface area contributed by atoms with Gasteiger partial charge in [0.15, 0.2) is 7.14 Å². The standard InChI is InChI=1S/C21H20IO/c1-15-13-16(2)21(17(3)14-15)22-18-9-11-20(12-10-18)23-19-7-5-4-6-8-19/h4-14H,1-3H3/q+1. The third kappa shape index (κ3) is 4.14. The molecule has 3 rings (SSSR count). The summed E-state index contributed by atoms with van der Waals surface area (Å²) in [6, 6.07) is 23.0. The third-order valence-electron chi connectivity index (χ3n) is 3.58. The zero-order chi connectivity index (χ0) is 16.2. The molecule has 0 aliphatic rings. The van der Waals surface area contributed by atoms with Crippen LogP contribution < -0.4 is 25.9 Å². The highest BCUT2D eigenvalue weighted by Crippen LogP contribution is 2.19. The number of aryl methyl sites for hydroxylation is 3. The van der Waals surface area contributed by atoms with Crippen LogP contribution in [0.5, 0.6) is 11.5 Å². The summed E-state index contributed by atoms with van der Waals surface area (Å²) >= 11 is -0.156. The predicted molar refractivity (Wildman–Crippen MR) is 91.0 cm³/mol. The van der Waals surface area contributed by atoms with Gasteiger partial charge in [0.05, 0.1) is 0 Å². The molecule has 0 aliphatic heterocycles. The van der Waals surface area contributed by atoms with Crippen LogP contribution in [0.4, 0.5) is 0 Å². The molecule has 0 spiro atoms. The summed E-state index contributed by atoms with van der Waals surface area (Å²) in [5, 5.41) is 0. The van der Waals surface area contributed by atoms with E-state index in [1.165, 1.54) is 23.8 Å². The van der Waals surface area contributed by atoms with Crippen LogP contribution in [-0.2, 0) is 0 Å². The Bertz CT molecular complexity index is 769. The normalized spacial score (nSPS) is 10.6. The van der Waals surface area contributed by atoms with Gasteiger partial charge in [-0.05, 0) is 57.2 Å². The van der Waals surface area contributed by atoms with Crippen molar-refractivity contribution in [2.45, 2.75) is 20.8 Å². The average molecular weight is 415 g/mol. The molecule has 0 aromatic heterocycles. The van der Waals surface area contributed by atoms with E-state index in [0.29, 0.717) is 0 Å². The molecule has 2 heteroatoms. The Morgan fingerprint density at radius 1 is 0.696 bits per heavy atom. The summed E-state index contributed by atoms with van der Waals surface area (Å²) in [6.07, 6.45) is 0. The molecule has 3 aromatic carbocycles. The van der Waals surface area contributed by atoms with Gasteiger partial charge >= 0.3 is 21.2 Å². The smallest absolute Gasteiger partial charge is 0.358 e. The fraction of sp³-hybridized carbons (Fsp3) is 0.143. The van der Waals surface area contributed by atoms with Crippen LogP contribution in [-0.4, -0.2) is 0 Å². The summed E-state index contributed by atoms with van der Waals surface area (Å²) in [5.41, 5.74) is 4.18. The van der Waals surface area contributed by atoms with Gasteiger partial charge in [0, 0.05) is 11.1 Å². The van der Waals surface area contributed by atoms with Crippen molar-refractivity contribution in [3.63, 3.8) is 0 Å². The van der Waals surface area contributed by atoms with E-state index >= 15 is 0 Å². The molecule has 116 valence electrons. The van der Waals surface area contributed by atoms with Crippen molar-refractivity contribution in [2.24, 2.45) is 0 Å². The Hall–Kier alpha value is -1.81. The molecule has 0 unspecified atom stereocenters. The number of hydrogen-bond acceptors (Lipinski definition) is 1. The second-order valence-electron chi connectivity index (χ2n) is 5.68. The van der Waals surface area contributed by atoms with Gasteiger partial charge in [0.25, 0.3) is 0 Å². The molecular weight excluding hydrogens is 395 g/mol. The van der Waals surface area contributed by atoms with Gasteiger partial charge in [0.1, 0.15) is 11.5 Å². The molecule has 3 aromatic rings. The number of benzene rings is 3. The lowest BCUT2D eigenvalue weighted by atomic mass is 10.1. The summed E-state index contributed by atoms with van der Waals surface area (Å²) in [6.45, 7) is 6.61. The molecular formula is C21H20IO+. The molecule has 23 heavy (non-hydrogen) atoms. The molecule has 1 nitrogen and oxygen atoms in total. The van der Waals surface area contributed by atoms with Crippen molar-refractivity contribution in [1.82, 2.24) is 0 Å². The topological polar surface area (TPSA) is 9.23 Å². The van der Waals surface area contributed by atoms with Gasteiger partial charge in [-0.2, -0.15) is 0 Å². The van der Waals surface area contributed by atoms with Crippen LogP contribution in [0, 0.1) is 27.9 Å². The molecule has 0 aliphatic carbocycles. The van der Waals surface area contributed by atoms with Crippen LogP contribution >= 0.6 is 0 Å². The van der Waals surface area contributed by atoms with E-state index in [4.69, 9.17) is 4.74 Å². The zero-order valence-corrected chi connectivity index (χ0v) is 15.8. The van der Waals surface area contributed by atoms with Crippen molar-refractivity contribution in [2.75, 3.05) is 0 Å². The highest BCUT2D eigenvalue weighted by molar-refractivity contribution is 5.31. The minimum atomic E-state index is -0.156. The molecule has 0 radical (unpaired) electrons. The van der Waals surface area contributed by atoms with Gasteiger partial charge in [-0.15, -0.1) is 0 Å². The first kappa shape index (κ1) is 16.1. The monoisotopic (exact) mass is 415 g/mol. The van der Waals surface area contributed by atoms with Crippen molar-refractivity contribution >= 4 is 0 Å². The lowest BCUT2D eigenvalue weighted by Gasteiger charge is -2.04. The number of ether oxygens (including phenoxy) is 1. The molecule has 0 saturated heterocycles. The first-order valence-corrected chi connectivity index (χ1v) is 9.83. The van der Waals surface area contributed by atoms with Crippen LogP contribution in [0.2, 0.25) is 0 Å². The largest absolute Gasteiger partial charge is 0.457 e. The average Bonchev–Trinajstić information content (AvgIpc) is 2.53. The predicted octanol–water partition coefficient (Wildman–Crippen LogP) is 2.53. The Labute approximate surface area is 148 Å². The highest BCUT2D eigenvalue weighted by Gasteiger charge is 2.21. The maximum atomic E-state index is 5.86. The van der Waals surface area contributed by atoms with E-state index in [-0.39, 0.29) is 21.2 Å². The van der Waals surface area contributed by atoms with Crippen molar-refractivity contribution in [1.29, 1.82) is 0 Å². The number of halogens is 1. The van der Waals surface area contributed by atoms with Gasteiger partial charge in [-0.1, -0.05) is 35.9 Å². The lowest BCUT2D eigenvalue weighted by Crippen LogP contribution is -3.62. The SMILES string of the molecule is Cc1cc(C)c([I+]c2ccc(Oc3ccccc3)cc2)c(C)c1. The van der Waals surface area contributed by atoms with Crippen LogP contribution in [0.15, 0.2) is 66.7 Å². The first-order valence-electron chi connectivity index (χ1n) is 7.67. The maximum absolute atomic E-state index is 5.86.